The zero-order chi connectivity index (χ0) is 14.7. The predicted molar refractivity (Wildman–Crippen MR) is 81.5 cm³/mol. The lowest BCUT2D eigenvalue weighted by atomic mass is 10.2. The second kappa shape index (κ2) is 5.90. The summed E-state index contributed by atoms with van der Waals surface area (Å²) in [4.78, 5) is 9.19. The van der Waals surface area contributed by atoms with E-state index in [1.165, 1.54) is 0 Å². The highest BCUT2D eigenvalue weighted by molar-refractivity contribution is 5.62. The van der Waals surface area contributed by atoms with Crippen molar-refractivity contribution in [2.24, 2.45) is 7.05 Å². The molecule has 0 aromatic carbocycles. The molecule has 2 aromatic rings. The summed E-state index contributed by atoms with van der Waals surface area (Å²) < 4.78 is 1.76. The topological polar surface area (TPSA) is 67.7 Å². The van der Waals surface area contributed by atoms with Crippen molar-refractivity contribution in [2.75, 3.05) is 17.2 Å². The van der Waals surface area contributed by atoms with E-state index in [1.807, 2.05) is 26.2 Å². The Morgan fingerprint density at radius 2 is 1.95 bits per heavy atom. The molecule has 2 heterocycles. The fourth-order valence-corrected chi connectivity index (χ4v) is 1.86. The van der Waals surface area contributed by atoms with Gasteiger partial charge in [0.2, 0.25) is 0 Å². The molecule has 0 aliphatic heterocycles. The summed E-state index contributed by atoms with van der Waals surface area (Å²) in [5.74, 6) is 3.57. The van der Waals surface area contributed by atoms with Crippen molar-refractivity contribution >= 4 is 17.5 Å². The van der Waals surface area contributed by atoms with Crippen molar-refractivity contribution in [2.45, 2.75) is 33.6 Å². The summed E-state index contributed by atoms with van der Waals surface area (Å²) in [7, 11) is 1.89. The van der Waals surface area contributed by atoms with Crippen molar-refractivity contribution in [3.05, 3.63) is 23.7 Å². The predicted octanol–water partition coefficient (Wildman–Crippen LogP) is 2.82. The molecule has 0 unspecified atom stereocenters. The van der Waals surface area contributed by atoms with Gasteiger partial charge < -0.3 is 10.6 Å². The number of hydrogen-bond acceptors (Lipinski definition) is 5. The third kappa shape index (κ3) is 3.07. The van der Waals surface area contributed by atoms with Crippen LogP contribution < -0.4 is 10.6 Å². The second-order valence-electron chi connectivity index (χ2n) is 5.09. The molecule has 0 radical (unpaired) electrons. The van der Waals surface area contributed by atoms with Crippen LogP contribution in [0.1, 0.15) is 38.1 Å². The van der Waals surface area contributed by atoms with Crippen LogP contribution in [0.5, 0.6) is 0 Å². The number of anilines is 3. The molecular weight excluding hydrogens is 252 g/mol. The van der Waals surface area contributed by atoms with Gasteiger partial charge in [0.15, 0.2) is 5.82 Å². The fraction of sp³-hybridized carbons (Fsp3) is 0.500. The normalized spacial score (nSPS) is 10.9. The highest BCUT2D eigenvalue weighted by Gasteiger charge is 2.13. The molecule has 0 saturated carbocycles. The summed E-state index contributed by atoms with van der Waals surface area (Å²) in [5.41, 5.74) is 1.00. The van der Waals surface area contributed by atoms with Crippen LogP contribution in [0.2, 0.25) is 0 Å². The Labute approximate surface area is 119 Å². The van der Waals surface area contributed by atoms with Gasteiger partial charge in [0, 0.05) is 37.3 Å². The lowest BCUT2D eigenvalue weighted by molar-refractivity contribution is 0.766. The van der Waals surface area contributed by atoms with Crippen LogP contribution in [0.25, 0.3) is 0 Å². The van der Waals surface area contributed by atoms with Crippen molar-refractivity contribution in [1.29, 1.82) is 0 Å². The Balaban J connectivity index is 2.39. The molecule has 0 spiro atoms. The van der Waals surface area contributed by atoms with Crippen LogP contribution in [-0.2, 0) is 7.05 Å². The average Bonchev–Trinajstić information content (AvgIpc) is 2.79. The van der Waals surface area contributed by atoms with Gasteiger partial charge in [0.25, 0.3) is 0 Å². The standard InChI is InChI=1S/C14H22N6/c1-6-15-13-10(4)14(18-12(17-13)9(2)3)16-11-7-8-20(5)19-11/h7-9H,6H2,1-5H3,(H2,15,16,17,18,19). The molecular formula is C14H22N6. The second-order valence-corrected chi connectivity index (χ2v) is 5.09. The number of rotatable bonds is 5. The first kappa shape index (κ1) is 14.3. The number of aryl methyl sites for hydroxylation is 1. The van der Waals surface area contributed by atoms with Crippen LogP contribution in [-0.4, -0.2) is 26.3 Å². The van der Waals surface area contributed by atoms with Crippen LogP contribution in [0, 0.1) is 6.92 Å². The Bertz CT molecular complexity index is 587. The minimum absolute atomic E-state index is 0.275. The largest absolute Gasteiger partial charge is 0.370 e. The van der Waals surface area contributed by atoms with E-state index in [4.69, 9.17) is 0 Å². The third-order valence-corrected chi connectivity index (χ3v) is 2.98. The van der Waals surface area contributed by atoms with Gasteiger partial charge in [0.1, 0.15) is 17.5 Å². The van der Waals surface area contributed by atoms with Gasteiger partial charge in [-0.3, -0.25) is 4.68 Å². The van der Waals surface area contributed by atoms with Gasteiger partial charge in [-0.2, -0.15) is 5.10 Å². The lowest BCUT2D eigenvalue weighted by Gasteiger charge is -2.15. The summed E-state index contributed by atoms with van der Waals surface area (Å²) >= 11 is 0. The van der Waals surface area contributed by atoms with E-state index in [1.54, 1.807) is 4.68 Å². The van der Waals surface area contributed by atoms with E-state index in [2.05, 4.69) is 46.5 Å². The molecule has 0 aliphatic rings. The molecule has 2 rings (SSSR count). The van der Waals surface area contributed by atoms with Crippen LogP contribution in [0.4, 0.5) is 17.5 Å². The van der Waals surface area contributed by atoms with Crippen LogP contribution in [0.15, 0.2) is 12.3 Å². The molecule has 0 aliphatic carbocycles. The number of aromatic nitrogens is 4. The van der Waals surface area contributed by atoms with E-state index >= 15 is 0 Å². The summed E-state index contributed by atoms with van der Waals surface area (Å²) in [6.45, 7) is 9.07. The van der Waals surface area contributed by atoms with Crippen molar-refractivity contribution in [3.8, 4) is 0 Å². The zero-order valence-corrected chi connectivity index (χ0v) is 12.7. The summed E-state index contributed by atoms with van der Waals surface area (Å²) in [6.07, 6.45) is 1.90. The van der Waals surface area contributed by atoms with Gasteiger partial charge >= 0.3 is 0 Å². The molecule has 108 valence electrons. The molecule has 0 saturated heterocycles. The minimum atomic E-state index is 0.275. The average molecular weight is 274 g/mol. The first-order valence-electron chi connectivity index (χ1n) is 6.90. The van der Waals surface area contributed by atoms with E-state index in [9.17, 15) is 0 Å². The maximum atomic E-state index is 4.61. The zero-order valence-electron chi connectivity index (χ0n) is 12.7. The Morgan fingerprint density at radius 3 is 2.50 bits per heavy atom. The van der Waals surface area contributed by atoms with Gasteiger partial charge in [-0.1, -0.05) is 13.8 Å². The Morgan fingerprint density at radius 1 is 1.25 bits per heavy atom. The molecule has 0 fully saturated rings. The molecule has 20 heavy (non-hydrogen) atoms. The maximum absolute atomic E-state index is 4.61. The lowest BCUT2D eigenvalue weighted by Crippen LogP contribution is -2.10. The number of nitrogens with zero attached hydrogens (tertiary/aromatic N) is 4. The summed E-state index contributed by atoms with van der Waals surface area (Å²) in [6, 6.07) is 1.92. The van der Waals surface area contributed by atoms with E-state index < -0.39 is 0 Å². The summed E-state index contributed by atoms with van der Waals surface area (Å²) in [5, 5.41) is 10.9. The molecule has 0 amide bonds. The van der Waals surface area contributed by atoms with Crippen molar-refractivity contribution in [3.63, 3.8) is 0 Å². The van der Waals surface area contributed by atoms with E-state index in [0.717, 1.165) is 35.4 Å². The fourth-order valence-electron chi connectivity index (χ4n) is 1.86. The van der Waals surface area contributed by atoms with Gasteiger partial charge in [-0.25, -0.2) is 9.97 Å². The molecule has 6 heteroatoms. The number of hydrogen-bond donors (Lipinski definition) is 2. The number of nitrogens with one attached hydrogen (secondary N) is 2. The van der Waals surface area contributed by atoms with Crippen molar-refractivity contribution in [1.82, 2.24) is 19.7 Å². The quantitative estimate of drug-likeness (QED) is 0.877. The van der Waals surface area contributed by atoms with E-state index in [-0.39, 0.29) is 5.92 Å². The molecule has 0 atom stereocenters. The molecule has 6 nitrogen and oxygen atoms in total. The van der Waals surface area contributed by atoms with E-state index in [0.29, 0.717) is 0 Å². The molecule has 0 bridgehead atoms. The molecule has 2 N–H and O–H groups in total. The Hall–Kier alpha value is -2.11. The highest BCUT2D eigenvalue weighted by atomic mass is 15.3. The van der Waals surface area contributed by atoms with Crippen LogP contribution in [0.3, 0.4) is 0 Å². The SMILES string of the molecule is CCNc1nc(C(C)C)nc(Nc2ccn(C)n2)c1C. The van der Waals surface area contributed by atoms with Gasteiger partial charge in [0.05, 0.1) is 0 Å². The smallest absolute Gasteiger partial charge is 0.153 e. The first-order chi connectivity index (χ1) is 9.51. The van der Waals surface area contributed by atoms with Gasteiger partial charge in [-0.15, -0.1) is 0 Å². The van der Waals surface area contributed by atoms with Gasteiger partial charge in [-0.05, 0) is 13.8 Å². The van der Waals surface area contributed by atoms with Crippen molar-refractivity contribution < 1.29 is 0 Å². The molecule has 2 aromatic heterocycles. The third-order valence-electron chi connectivity index (χ3n) is 2.98. The Kier molecular flexibility index (Phi) is 4.22. The minimum Gasteiger partial charge on any atom is -0.370 e. The monoisotopic (exact) mass is 274 g/mol. The first-order valence-corrected chi connectivity index (χ1v) is 6.90. The maximum Gasteiger partial charge on any atom is 0.153 e. The van der Waals surface area contributed by atoms with Crippen LogP contribution >= 0.6 is 0 Å². The highest BCUT2D eigenvalue weighted by Crippen LogP contribution is 2.25.